The van der Waals surface area contributed by atoms with Gasteiger partial charge in [0.15, 0.2) is 11.6 Å². The summed E-state index contributed by atoms with van der Waals surface area (Å²) in [6, 6.07) is 8.97. The minimum absolute atomic E-state index is 0.0213. The Morgan fingerprint density at radius 2 is 1.69 bits per heavy atom. The maximum Gasteiger partial charge on any atom is 0.423 e. The fourth-order valence-electron chi connectivity index (χ4n) is 3.53. The van der Waals surface area contributed by atoms with E-state index in [2.05, 4.69) is 10.3 Å². The minimum atomic E-state index is -4.92. The largest absolute Gasteiger partial charge is 0.506 e. The third-order valence-corrected chi connectivity index (χ3v) is 5.31. The van der Waals surface area contributed by atoms with Crippen molar-refractivity contribution >= 4 is 11.7 Å². The Hall–Kier alpha value is -3.82. The van der Waals surface area contributed by atoms with Crippen LogP contribution >= 0.6 is 0 Å². The van der Waals surface area contributed by atoms with Crippen molar-refractivity contribution in [3.8, 4) is 11.5 Å². The van der Waals surface area contributed by atoms with Gasteiger partial charge in [0.2, 0.25) is 0 Å². The highest BCUT2D eigenvalue weighted by Crippen LogP contribution is 2.44. The summed E-state index contributed by atoms with van der Waals surface area (Å²) in [5, 5.41) is 13.1. The molecule has 0 saturated heterocycles. The van der Waals surface area contributed by atoms with Crippen LogP contribution in [0.2, 0.25) is 0 Å². The van der Waals surface area contributed by atoms with Gasteiger partial charge in [-0.05, 0) is 28.7 Å². The number of amides is 1. The normalized spacial score (nSPS) is 11.9. The van der Waals surface area contributed by atoms with Gasteiger partial charge in [-0.15, -0.1) is 0 Å². The van der Waals surface area contributed by atoms with Gasteiger partial charge in [-0.1, -0.05) is 45.0 Å². The van der Waals surface area contributed by atoms with Gasteiger partial charge in [-0.25, -0.2) is 4.98 Å². The highest BCUT2D eigenvalue weighted by molar-refractivity contribution is 5.99. The Kier molecular flexibility index (Phi) is 7.76. The zero-order valence-corrected chi connectivity index (χ0v) is 20.4. The first kappa shape index (κ1) is 26.8. The zero-order valence-electron chi connectivity index (χ0n) is 20.4. The SMILES string of the molecule is Cn1ccnc1C(=O)NCc1ccc(COc2ccc(C(=O)CC(C)(C)C)c(O)c2C(F)(F)F)cc1. The van der Waals surface area contributed by atoms with Crippen molar-refractivity contribution in [1.82, 2.24) is 14.9 Å². The maximum absolute atomic E-state index is 13.8. The van der Waals surface area contributed by atoms with Crippen LogP contribution in [-0.2, 0) is 26.4 Å². The van der Waals surface area contributed by atoms with Crippen LogP contribution in [0.15, 0.2) is 48.8 Å². The van der Waals surface area contributed by atoms with Crippen molar-refractivity contribution in [1.29, 1.82) is 0 Å². The number of alkyl halides is 3. The molecular weight excluding hydrogens is 475 g/mol. The van der Waals surface area contributed by atoms with Crippen molar-refractivity contribution in [3.05, 3.63) is 76.9 Å². The number of halogens is 3. The third-order valence-electron chi connectivity index (χ3n) is 5.31. The molecule has 0 aliphatic heterocycles. The lowest BCUT2D eigenvalue weighted by atomic mass is 9.87. The molecule has 3 aromatic rings. The van der Waals surface area contributed by atoms with Gasteiger partial charge in [0.1, 0.15) is 23.7 Å². The molecule has 36 heavy (non-hydrogen) atoms. The number of hydrogen-bond donors (Lipinski definition) is 2. The topological polar surface area (TPSA) is 93.5 Å². The number of phenols is 1. The molecule has 0 aliphatic carbocycles. The number of aryl methyl sites for hydroxylation is 1. The first-order valence-corrected chi connectivity index (χ1v) is 11.2. The number of phenolic OH excluding ortho intramolecular Hbond substituents is 1. The van der Waals surface area contributed by atoms with Crippen LogP contribution in [0.4, 0.5) is 13.2 Å². The molecule has 0 fully saturated rings. The maximum atomic E-state index is 13.8. The molecule has 2 N–H and O–H groups in total. The zero-order chi connectivity index (χ0) is 26.7. The van der Waals surface area contributed by atoms with Gasteiger partial charge >= 0.3 is 6.18 Å². The number of ketones is 1. The third kappa shape index (κ3) is 6.65. The molecule has 0 unspecified atom stereocenters. The fourth-order valence-corrected chi connectivity index (χ4v) is 3.53. The number of benzene rings is 2. The second kappa shape index (κ2) is 10.4. The lowest BCUT2D eigenvalue weighted by molar-refractivity contribution is -0.140. The summed E-state index contributed by atoms with van der Waals surface area (Å²) in [7, 11) is 1.71. The first-order valence-electron chi connectivity index (χ1n) is 11.2. The summed E-state index contributed by atoms with van der Waals surface area (Å²) in [6.07, 6.45) is -1.77. The Morgan fingerprint density at radius 3 is 2.25 bits per heavy atom. The Balaban J connectivity index is 1.69. The molecular formula is C26H28F3N3O4. The Labute approximate surface area is 206 Å². The number of nitrogens with zero attached hydrogens (tertiary/aromatic N) is 2. The number of ether oxygens (including phenoxy) is 1. The molecule has 0 bridgehead atoms. The van der Waals surface area contributed by atoms with Crippen LogP contribution < -0.4 is 10.1 Å². The summed E-state index contributed by atoms with van der Waals surface area (Å²) in [5.41, 5.74) is -0.867. The average molecular weight is 504 g/mol. The van der Waals surface area contributed by atoms with E-state index in [1.807, 2.05) is 0 Å². The van der Waals surface area contributed by atoms with Crippen molar-refractivity contribution < 1.29 is 32.6 Å². The standard InChI is InChI=1S/C26H28F3N3O4/c1-25(2,3)13-19(33)18-9-10-20(21(22(18)34)26(27,28)29)36-15-17-7-5-16(6-8-17)14-31-24(35)23-30-11-12-32(23)4/h5-12,34H,13-15H2,1-4H3,(H,31,35). The van der Waals surface area contributed by atoms with E-state index in [1.165, 1.54) is 6.20 Å². The van der Waals surface area contributed by atoms with Crippen LogP contribution in [0.3, 0.4) is 0 Å². The van der Waals surface area contributed by atoms with Crippen LogP contribution in [0, 0.1) is 5.41 Å². The number of rotatable bonds is 8. The smallest absolute Gasteiger partial charge is 0.423 e. The Bertz CT molecular complexity index is 1240. The van der Waals surface area contributed by atoms with E-state index in [0.29, 0.717) is 5.56 Å². The first-order chi connectivity index (χ1) is 16.8. The molecule has 1 heterocycles. The summed E-state index contributed by atoms with van der Waals surface area (Å²) in [6.45, 7) is 5.39. The van der Waals surface area contributed by atoms with Crippen molar-refractivity contribution in [2.75, 3.05) is 0 Å². The molecule has 0 saturated carbocycles. The fraction of sp³-hybridized carbons (Fsp3) is 0.346. The number of carbonyl (C=O) groups excluding carboxylic acids is 2. The van der Waals surface area contributed by atoms with Crippen molar-refractivity contribution in [2.24, 2.45) is 12.5 Å². The molecule has 2 aromatic carbocycles. The molecule has 1 aromatic heterocycles. The van der Waals surface area contributed by atoms with E-state index >= 15 is 0 Å². The van der Waals surface area contributed by atoms with Crippen LogP contribution in [0.5, 0.6) is 11.5 Å². The minimum Gasteiger partial charge on any atom is -0.506 e. The molecule has 3 rings (SSSR count). The predicted molar refractivity (Wildman–Crippen MR) is 127 cm³/mol. The predicted octanol–water partition coefficient (Wildman–Crippen LogP) is 5.27. The quantitative estimate of drug-likeness (QED) is 0.409. The molecule has 0 atom stereocenters. The van der Waals surface area contributed by atoms with Crippen LogP contribution in [0.25, 0.3) is 0 Å². The van der Waals surface area contributed by atoms with Gasteiger partial charge in [0.05, 0.1) is 5.56 Å². The van der Waals surface area contributed by atoms with E-state index in [4.69, 9.17) is 4.74 Å². The van der Waals surface area contributed by atoms with Crippen LogP contribution in [-0.4, -0.2) is 26.3 Å². The van der Waals surface area contributed by atoms with Gasteiger partial charge < -0.3 is 19.7 Å². The van der Waals surface area contributed by atoms with Gasteiger partial charge in [-0.2, -0.15) is 13.2 Å². The van der Waals surface area contributed by atoms with E-state index in [0.717, 1.165) is 17.7 Å². The number of aromatic hydroxyl groups is 1. The number of hydrogen-bond acceptors (Lipinski definition) is 5. The average Bonchev–Trinajstić information content (AvgIpc) is 3.20. The Morgan fingerprint density at radius 1 is 1.06 bits per heavy atom. The van der Waals surface area contributed by atoms with Gasteiger partial charge in [0, 0.05) is 32.4 Å². The molecule has 10 heteroatoms. The summed E-state index contributed by atoms with van der Waals surface area (Å²) in [5.74, 6) is -2.34. The summed E-state index contributed by atoms with van der Waals surface area (Å²) < 4.78 is 48.3. The second-order valence-electron chi connectivity index (χ2n) is 9.64. The van der Waals surface area contributed by atoms with Crippen molar-refractivity contribution in [2.45, 2.75) is 46.5 Å². The monoisotopic (exact) mass is 503 g/mol. The number of imidazole rings is 1. The van der Waals surface area contributed by atoms with Gasteiger partial charge in [-0.3, -0.25) is 9.59 Å². The van der Waals surface area contributed by atoms with Crippen molar-refractivity contribution in [3.63, 3.8) is 0 Å². The summed E-state index contributed by atoms with van der Waals surface area (Å²) in [4.78, 5) is 28.6. The molecule has 1 amide bonds. The number of Topliss-reactive ketones (excluding diaryl/α,β-unsaturated/α-hetero) is 1. The lowest BCUT2D eigenvalue weighted by Gasteiger charge is -2.20. The van der Waals surface area contributed by atoms with E-state index in [1.54, 1.807) is 62.8 Å². The lowest BCUT2D eigenvalue weighted by Crippen LogP contribution is -2.25. The highest BCUT2D eigenvalue weighted by Gasteiger charge is 2.40. The van der Waals surface area contributed by atoms with E-state index < -0.39 is 34.4 Å². The molecule has 0 spiro atoms. The number of nitrogens with one attached hydrogen (secondary N) is 1. The summed E-state index contributed by atoms with van der Waals surface area (Å²) >= 11 is 0. The number of carbonyl (C=O) groups is 2. The van der Waals surface area contributed by atoms with E-state index in [-0.39, 0.29) is 36.9 Å². The molecule has 7 nitrogen and oxygen atoms in total. The van der Waals surface area contributed by atoms with Crippen LogP contribution in [0.1, 0.15) is 64.9 Å². The number of aromatic nitrogens is 2. The highest BCUT2D eigenvalue weighted by atomic mass is 19.4. The molecule has 0 aliphatic rings. The molecule has 0 radical (unpaired) electrons. The van der Waals surface area contributed by atoms with E-state index in [9.17, 15) is 27.9 Å². The molecule has 192 valence electrons. The second-order valence-corrected chi connectivity index (χ2v) is 9.64. The van der Waals surface area contributed by atoms with Gasteiger partial charge in [0.25, 0.3) is 5.91 Å².